The highest BCUT2D eigenvalue weighted by Crippen LogP contribution is 2.46. The van der Waals surface area contributed by atoms with Crippen molar-refractivity contribution in [2.45, 2.75) is 49.8 Å². The molecule has 0 radical (unpaired) electrons. The molecule has 2 aromatic rings. The summed E-state index contributed by atoms with van der Waals surface area (Å²) in [7, 11) is 0. The third-order valence-corrected chi connectivity index (χ3v) is 5.61. The number of pyridine rings is 1. The lowest BCUT2D eigenvalue weighted by Gasteiger charge is -2.44. The van der Waals surface area contributed by atoms with Crippen LogP contribution in [0.5, 0.6) is 0 Å². The Labute approximate surface area is 150 Å². The minimum Gasteiger partial charge on any atom is -0.385 e. The van der Waals surface area contributed by atoms with Gasteiger partial charge in [0.2, 0.25) is 11.9 Å². The van der Waals surface area contributed by atoms with Crippen LogP contribution in [0, 0.1) is 11.8 Å². The summed E-state index contributed by atoms with van der Waals surface area (Å²) >= 11 is 0. The molecule has 0 aliphatic carbocycles. The van der Waals surface area contributed by atoms with E-state index in [-0.39, 0.29) is 48.6 Å². The molecule has 0 spiro atoms. The lowest BCUT2D eigenvalue weighted by molar-refractivity contribution is -0.141. The molecule has 26 heavy (non-hydrogen) atoms. The lowest BCUT2D eigenvalue weighted by atomic mass is 9.80. The Kier molecular flexibility index (Phi) is 4.23. The molecule has 2 aliphatic heterocycles. The topological polar surface area (TPSA) is 53.4 Å². The fourth-order valence-corrected chi connectivity index (χ4v) is 4.48. The van der Waals surface area contributed by atoms with Crippen LogP contribution < -0.4 is 0 Å². The average Bonchev–Trinajstić information content (AvgIpc) is 2.90. The van der Waals surface area contributed by atoms with Gasteiger partial charge >= 0.3 is 0 Å². The molecule has 2 fully saturated rings. The third-order valence-electron chi connectivity index (χ3n) is 5.61. The van der Waals surface area contributed by atoms with Crippen molar-refractivity contribution in [2.24, 2.45) is 0 Å². The highest BCUT2D eigenvalue weighted by atomic mass is 19.1. The summed E-state index contributed by atoms with van der Waals surface area (Å²) < 4.78 is 27.9. The van der Waals surface area contributed by atoms with Gasteiger partial charge in [0.1, 0.15) is 5.82 Å². The monoisotopic (exact) mass is 358 g/mol. The molecular weight excluding hydrogens is 338 g/mol. The second kappa shape index (κ2) is 6.43. The van der Waals surface area contributed by atoms with Crippen molar-refractivity contribution in [3.05, 3.63) is 65.5 Å². The Morgan fingerprint density at radius 1 is 1.15 bits per heavy atom. The zero-order chi connectivity index (χ0) is 18.3. The first-order chi connectivity index (χ1) is 12.5. The number of carbonyl (C=O) groups is 1. The quantitative estimate of drug-likeness (QED) is 0.859. The summed E-state index contributed by atoms with van der Waals surface area (Å²) in [5, 5.41) is 11.1. The number of hydrogen-bond donors (Lipinski definition) is 1. The summed E-state index contributed by atoms with van der Waals surface area (Å²) in [6, 6.07) is 9.08. The molecule has 4 rings (SSSR count). The number of amides is 1. The van der Waals surface area contributed by atoms with Gasteiger partial charge in [-0.25, -0.2) is 9.37 Å². The van der Waals surface area contributed by atoms with Gasteiger partial charge in [0.15, 0.2) is 0 Å². The maximum absolute atomic E-state index is 14.1. The second-order valence-corrected chi connectivity index (χ2v) is 7.24. The fraction of sp³-hybridized carbons (Fsp3) is 0.400. The first-order valence-corrected chi connectivity index (χ1v) is 8.86. The largest absolute Gasteiger partial charge is 0.385 e. The van der Waals surface area contributed by atoms with Crippen LogP contribution in [0.2, 0.25) is 0 Å². The van der Waals surface area contributed by atoms with Crippen molar-refractivity contribution in [2.75, 3.05) is 0 Å². The van der Waals surface area contributed by atoms with Gasteiger partial charge in [-0.15, -0.1) is 0 Å². The van der Waals surface area contributed by atoms with E-state index in [1.165, 1.54) is 12.3 Å². The SMILES string of the molecule is O=C(Cc1ccccc1F)N1C2CCC1CC(O)(c1cccnc1F)C2. The highest BCUT2D eigenvalue weighted by Gasteiger charge is 2.50. The van der Waals surface area contributed by atoms with E-state index in [2.05, 4.69) is 4.98 Å². The Balaban J connectivity index is 1.55. The van der Waals surface area contributed by atoms with Crippen LogP contribution in [0.1, 0.15) is 36.8 Å². The third kappa shape index (κ3) is 2.88. The van der Waals surface area contributed by atoms with Crippen molar-refractivity contribution in [3.8, 4) is 0 Å². The maximum atomic E-state index is 14.1. The van der Waals surface area contributed by atoms with E-state index in [9.17, 15) is 18.7 Å². The van der Waals surface area contributed by atoms with Gasteiger partial charge in [0, 0.05) is 36.7 Å². The van der Waals surface area contributed by atoms with Crippen LogP contribution in [0.4, 0.5) is 8.78 Å². The number of fused-ring (bicyclic) bond motifs is 2. The van der Waals surface area contributed by atoms with Gasteiger partial charge in [0.25, 0.3) is 0 Å². The van der Waals surface area contributed by atoms with Crippen molar-refractivity contribution in [1.82, 2.24) is 9.88 Å². The molecule has 2 unspecified atom stereocenters. The van der Waals surface area contributed by atoms with Gasteiger partial charge in [-0.3, -0.25) is 4.79 Å². The lowest BCUT2D eigenvalue weighted by Crippen LogP contribution is -2.52. The molecule has 2 bridgehead atoms. The summed E-state index contributed by atoms with van der Waals surface area (Å²) in [5.41, 5.74) is -0.756. The Morgan fingerprint density at radius 3 is 2.50 bits per heavy atom. The maximum Gasteiger partial charge on any atom is 0.227 e. The zero-order valence-corrected chi connectivity index (χ0v) is 14.2. The molecule has 2 saturated heterocycles. The van der Waals surface area contributed by atoms with Crippen molar-refractivity contribution in [3.63, 3.8) is 0 Å². The van der Waals surface area contributed by atoms with E-state index in [0.717, 1.165) is 12.8 Å². The number of piperidine rings is 1. The Morgan fingerprint density at radius 2 is 1.85 bits per heavy atom. The Bertz CT molecular complexity index is 828. The van der Waals surface area contributed by atoms with Crippen LogP contribution >= 0.6 is 0 Å². The van der Waals surface area contributed by atoms with Gasteiger partial charge in [-0.2, -0.15) is 4.39 Å². The van der Waals surface area contributed by atoms with Crippen LogP contribution in [0.3, 0.4) is 0 Å². The second-order valence-electron chi connectivity index (χ2n) is 7.24. The average molecular weight is 358 g/mol. The van der Waals surface area contributed by atoms with Crippen LogP contribution in [0.25, 0.3) is 0 Å². The summed E-state index contributed by atoms with van der Waals surface area (Å²) in [6.45, 7) is 0. The van der Waals surface area contributed by atoms with E-state index in [1.54, 1.807) is 35.2 Å². The molecule has 0 saturated carbocycles. The summed E-state index contributed by atoms with van der Waals surface area (Å²) in [6.07, 6.45) is 3.42. The van der Waals surface area contributed by atoms with Crippen molar-refractivity contribution < 1.29 is 18.7 Å². The van der Waals surface area contributed by atoms with Gasteiger partial charge < -0.3 is 10.0 Å². The molecular formula is C20H20F2N2O2. The molecule has 2 aliphatic rings. The van der Waals surface area contributed by atoms with Gasteiger partial charge in [-0.05, 0) is 30.5 Å². The highest BCUT2D eigenvalue weighted by molar-refractivity contribution is 5.80. The molecule has 1 aromatic carbocycles. The number of rotatable bonds is 3. The van der Waals surface area contributed by atoms with Gasteiger partial charge in [0.05, 0.1) is 12.0 Å². The predicted molar refractivity (Wildman–Crippen MR) is 91.1 cm³/mol. The van der Waals surface area contributed by atoms with Crippen LogP contribution in [-0.4, -0.2) is 33.0 Å². The molecule has 2 atom stereocenters. The number of halogens is 2. The number of aliphatic hydroxyl groups is 1. The molecule has 6 heteroatoms. The fourth-order valence-electron chi connectivity index (χ4n) is 4.48. The van der Waals surface area contributed by atoms with Crippen molar-refractivity contribution in [1.29, 1.82) is 0 Å². The number of carbonyl (C=O) groups excluding carboxylic acids is 1. The molecule has 1 amide bonds. The first kappa shape index (κ1) is 17.1. The number of benzene rings is 1. The van der Waals surface area contributed by atoms with Crippen molar-refractivity contribution >= 4 is 5.91 Å². The number of nitrogens with zero attached hydrogens (tertiary/aromatic N) is 2. The molecule has 136 valence electrons. The predicted octanol–water partition coefficient (Wildman–Crippen LogP) is 2.94. The van der Waals surface area contributed by atoms with Crippen LogP contribution in [-0.2, 0) is 16.8 Å². The molecule has 3 heterocycles. The van der Waals surface area contributed by atoms with E-state index in [1.807, 2.05) is 0 Å². The molecule has 1 N–H and O–H groups in total. The van der Waals surface area contributed by atoms with Crippen LogP contribution in [0.15, 0.2) is 42.6 Å². The minimum atomic E-state index is -1.32. The van der Waals surface area contributed by atoms with E-state index in [0.29, 0.717) is 5.56 Å². The van der Waals surface area contributed by atoms with E-state index in [4.69, 9.17) is 0 Å². The zero-order valence-electron chi connectivity index (χ0n) is 14.2. The van der Waals surface area contributed by atoms with Gasteiger partial charge in [-0.1, -0.05) is 24.3 Å². The summed E-state index contributed by atoms with van der Waals surface area (Å²) in [4.78, 5) is 18.2. The normalized spacial score (nSPS) is 27.6. The number of hydrogen-bond acceptors (Lipinski definition) is 3. The Hall–Kier alpha value is -2.34. The minimum absolute atomic E-state index is 0.000639. The van der Waals surface area contributed by atoms with E-state index >= 15 is 0 Å². The number of aromatic nitrogens is 1. The van der Waals surface area contributed by atoms with E-state index < -0.39 is 11.5 Å². The molecule has 4 nitrogen and oxygen atoms in total. The first-order valence-electron chi connectivity index (χ1n) is 8.86. The smallest absolute Gasteiger partial charge is 0.227 e. The standard InChI is InChI=1S/C20H20F2N2O2/c21-17-6-2-1-4-13(17)10-18(25)24-14-7-8-15(24)12-20(26,11-14)16-5-3-9-23-19(16)22/h1-6,9,14-15,26H,7-8,10-12H2. The summed E-state index contributed by atoms with van der Waals surface area (Å²) in [5.74, 6) is -1.20. The molecule has 1 aromatic heterocycles.